The first kappa shape index (κ1) is 88.5. The molecule has 0 radical (unpaired) electrons. The van der Waals surface area contributed by atoms with Gasteiger partial charge in [0.05, 0.1) is 34.2 Å². The molecule has 3 aliphatic rings. The maximum absolute atomic E-state index is 5.47. The van der Waals surface area contributed by atoms with Crippen molar-refractivity contribution in [3.8, 4) is 190 Å². The van der Waals surface area contributed by atoms with Crippen LogP contribution in [-0.2, 0) is 16.2 Å². The first-order valence-electron chi connectivity index (χ1n) is 50.5. The van der Waals surface area contributed by atoms with Gasteiger partial charge in [0.25, 0.3) is 0 Å². The molecule has 145 heavy (non-hydrogen) atoms. The molecule has 24 aromatic rings. The maximum Gasteiger partial charge on any atom is 0.0721 e. The van der Waals surface area contributed by atoms with Crippen molar-refractivity contribution >= 4 is 43.1 Å². The van der Waals surface area contributed by atoms with Gasteiger partial charge < -0.3 is 0 Å². The SMILES string of the molecule is CC1(C)c2ccccc2-c2c(-c3ccc(-c4cc(-c5ccccc5)cc(-c5ccc(-c6ccccc6)cc5)n4)c4ccccc34)cccc21.CC1(C)c2ccccc2-c2ccc(-c3cc(-c4ccc5ccccc5c4)cc(-c4ccccc4-c4ccccc4)n3)cc21.CC1(C)c2ccccc2-c2cccc(-c3cc(-c4ccccc4)cc(-c4cc(-c5ccc6ccccc6c5)cc(-c5ccc6ccccc6c5)n4)c3)c21. The Hall–Kier alpha value is -17.9. The van der Waals surface area contributed by atoms with Gasteiger partial charge in [0.1, 0.15) is 0 Å². The molecule has 0 spiro atoms. The molecule has 0 unspecified atom stereocenters. The largest absolute Gasteiger partial charge is 0.248 e. The maximum atomic E-state index is 5.47. The minimum absolute atomic E-state index is 0.0465. The number of hydrogen-bond donors (Lipinski definition) is 0. The Morgan fingerprint density at radius 1 is 0.131 bits per heavy atom. The van der Waals surface area contributed by atoms with Crippen molar-refractivity contribution in [1.82, 2.24) is 15.0 Å². The smallest absolute Gasteiger partial charge is 0.0721 e. The van der Waals surface area contributed by atoms with Crippen LogP contribution in [0.2, 0.25) is 0 Å². The predicted octanol–water partition coefficient (Wildman–Crippen LogP) is 38.1. The van der Waals surface area contributed by atoms with Crippen molar-refractivity contribution in [3.63, 3.8) is 0 Å². The van der Waals surface area contributed by atoms with Crippen molar-refractivity contribution in [2.75, 3.05) is 0 Å². The Bertz CT molecular complexity index is 9090. The van der Waals surface area contributed by atoms with Gasteiger partial charge in [-0.1, -0.05) is 478 Å². The summed E-state index contributed by atoms with van der Waals surface area (Å²) in [5.41, 5.74) is 47.7. The summed E-state index contributed by atoms with van der Waals surface area (Å²) in [6, 6.07) is 187. The van der Waals surface area contributed by atoms with E-state index in [0.29, 0.717) is 0 Å². The van der Waals surface area contributed by atoms with Crippen LogP contribution >= 0.6 is 0 Å². The normalized spacial score (nSPS) is 12.9. The molecule has 0 aliphatic heterocycles. The van der Waals surface area contributed by atoms with Gasteiger partial charge in [0, 0.05) is 49.6 Å². The molecule has 0 amide bonds. The number of pyridine rings is 3. The summed E-state index contributed by atoms with van der Waals surface area (Å²) >= 11 is 0. The molecule has 27 rings (SSSR count). The van der Waals surface area contributed by atoms with E-state index in [0.717, 1.165) is 84.2 Å². The highest BCUT2D eigenvalue weighted by Crippen LogP contribution is 2.57. The summed E-state index contributed by atoms with van der Waals surface area (Å²) in [4.78, 5) is 16.2. The van der Waals surface area contributed by atoms with Gasteiger partial charge in [0.2, 0.25) is 0 Å². The third kappa shape index (κ3) is 16.3. The number of fused-ring (bicyclic) bond motifs is 13. The zero-order valence-electron chi connectivity index (χ0n) is 81.9. The van der Waals surface area contributed by atoms with E-state index in [1.807, 2.05) is 0 Å². The van der Waals surface area contributed by atoms with Crippen molar-refractivity contribution < 1.29 is 0 Å². The van der Waals surface area contributed by atoms with Crippen molar-refractivity contribution in [1.29, 1.82) is 0 Å². The third-order valence-electron chi connectivity index (χ3n) is 30.6. The Balaban J connectivity index is 0.000000114. The van der Waals surface area contributed by atoms with Crippen LogP contribution < -0.4 is 0 Å². The fourth-order valence-corrected chi connectivity index (χ4v) is 23.1. The summed E-state index contributed by atoms with van der Waals surface area (Å²) in [6.07, 6.45) is 0. The van der Waals surface area contributed by atoms with E-state index in [9.17, 15) is 0 Å². The van der Waals surface area contributed by atoms with Crippen LogP contribution in [-0.4, -0.2) is 15.0 Å². The quantitative estimate of drug-likeness (QED) is 0.109. The summed E-state index contributed by atoms with van der Waals surface area (Å²) in [6.45, 7) is 14.1. The lowest BCUT2D eigenvalue weighted by Gasteiger charge is -2.25. The number of aromatic nitrogens is 3. The van der Waals surface area contributed by atoms with Gasteiger partial charge in [-0.25, -0.2) is 15.0 Å². The molecule has 0 fully saturated rings. The first-order valence-corrected chi connectivity index (χ1v) is 50.5. The van der Waals surface area contributed by atoms with Gasteiger partial charge in [-0.2, -0.15) is 0 Å². The Morgan fingerprint density at radius 2 is 0.441 bits per heavy atom. The fraction of sp³-hybridized carbons (Fsp3) is 0.0634. The average Bonchev–Trinajstić information content (AvgIpc) is 1.26. The lowest BCUT2D eigenvalue weighted by atomic mass is 9.78. The van der Waals surface area contributed by atoms with Crippen LogP contribution in [0.15, 0.2) is 516 Å². The minimum atomic E-state index is -0.136. The van der Waals surface area contributed by atoms with Crippen molar-refractivity contribution in [2.45, 2.75) is 57.8 Å². The Kier molecular flexibility index (Phi) is 22.4. The molecule has 3 aliphatic carbocycles. The van der Waals surface area contributed by atoms with E-state index < -0.39 is 0 Å². The second-order valence-electron chi connectivity index (χ2n) is 40.4. The van der Waals surface area contributed by atoms with Crippen LogP contribution in [0.3, 0.4) is 0 Å². The van der Waals surface area contributed by atoms with Gasteiger partial charge in [-0.3, -0.25) is 0 Å². The molecule has 3 aromatic heterocycles. The summed E-state index contributed by atoms with van der Waals surface area (Å²) in [7, 11) is 0. The highest BCUT2D eigenvalue weighted by atomic mass is 14.7. The van der Waals surface area contributed by atoms with Gasteiger partial charge in [-0.15, -0.1) is 0 Å². The van der Waals surface area contributed by atoms with Crippen molar-refractivity contribution in [3.05, 3.63) is 549 Å². The number of rotatable bonds is 14. The predicted molar refractivity (Wildman–Crippen MR) is 612 cm³/mol. The van der Waals surface area contributed by atoms with Crippen LogP contribution in [0.25, 0.3) is 233 Å². The second kappa shape index (κ2) is 36.6. The summed E-state index contributed by atoms with van der Waals surface area (Å²) in [5.74, 6) is 0. The lowest BCUT2D eigenvalue weighted by molar-refractivity contribution is 0.660. The van der Waals surface area contributed by atoms with E-state index in [-0.39, 0.29) is 16.2 Å². The molecule has 686 valence electrons. The summed E-state index contributed by atoms with van der Waals surface area (Å²) in [5, 5.41) is 9.81. The van der Waals surface area contributed by atoms with Crippen LogP contribution in [0, 0.1) is 0 Å². The molecule has 0 N–H and O–H groups in total. The monoisotopic (exact) mass is 1850 g/mol. The van der Waals surface area contributed by atoms with E-state index in [2.05, 4.69) is 557 Å². The molecule has 0 saturated carbocycles. The lowest BCUT2D eigenvalue weighted by Crippen LogP contribution is -2.16. The molecular weight excluding hydrogens is 1750 g/mol. The number of hydrogen-bond acceptors (Lipinski definition) is 3. The molecule has 3 heterocycles. The van der Waals surface area contributed by atoms with E-state index in [4.69, 9.17) is 15.0 Å². The zero-order valence-corrected chi connectivity index (χ0v) is 81.9. The number of nitrogens with zero attached hydrogens (tertiary/aromatic N) is 3. The number of benzene rings is 21. The highest BCUT2D eigenvalue weighted by molar-refractivity contribution is 6.09. The van der Waals surface area contributed by atoms with Gasteiger partial charge >= 0.3 is 0 Å². The van der Waals surface area contributed by atoms with E-state index >= 15 is 0 Å². The van der Waals surface area contributed by atoms with Crippen LogP contribution in [0.1, 0.15) is 74.9 Å². The molecule has 3 heteroatoms. The molecular formula is C142H103N3. The van der Waals surface area contributed by atoms with Crippen LogP contribution in [0.5, 0.6) is 0 Å². The average molecular weight is 1850 g/mol. The standard InChI is InChI=1S/C52H37N.C48H35N.C42H31N/c1-52(2)48-22-11-10-19-46(48)47-21-12-20-45(51(47)52)43-29-41(34-13-4-3-5-14-34)30-44(31-43)50-33-42(39-25-23-35-15-6-8-17-37(35)27-39)32-49(53-50)40-26-24-36-16-7-9-18-38(36)28-40;1-48(2)43-22-12-11-20-42(43)47-41(21-13-23-44(47)48)39-28-29-40(38-19-10-9-18-37(38)39)46-31-36(33-16-7-4-8-17-33)30-45(49-46)35-26-24-34(25-27-35)32-14-5-3-6-15-32;1-42(2)38-19-11-10-17-35(38)36-23-22-32(25-39(36)42)40-26-33(31-21-20-28-12-6-7-15-30(28)24-31)27-41(43-40)37-18-9-8-16-34(37)29-13-4-3-5-14-29/h3-33H,1-2H3;3-31H,1-2H3;3-27H,1-2H3. The highest BCUT2D eigenvalue weighted by Gasteiger charge is 2.40. The Labute approximate surface area is 848 Å². The van der Waals surface area contributed by atoms with Gasteiger partial charge in [-0.05, 0) is 278 Å². The molecule has 0 atom stereocenters. The Morgan fingerprint density at radius 3 is 1.02 bits per heavy atom. The van der Waals surface area contributed by atoms with Gasteiger partial charge in [0.15, 0.2) is 0 Å². The minimum Gasteiger partial charge on any atom is -0.248 e. The van der Waals surface area contributed by atoms with E-state index in [1.165, 1.54) is 182 Å². The zero-order chi connectivity index (χ0) is 97.4. The second-order valence-corrected chi connectivity index (χ2v) is 40.4. The van der Waals surface area contributed by atoms with Crippen LogP contribution in [0.4, 0.5) is 0 Å². The fourth-order valence-electron chi connectivity index (χ4n) is 23.1. The topological polar surface area (TPSA) is 38.7 Å². The van der Waals surface area contributed by atoms with E-state index in [1.54, 1.807) is 0 Å². The molecule has 3 nitrogen and oxygen atoms in total. The molecule has 21 aromatic carbocycles. The molecule has 0 saturated heterocycles. The third-order valence-corrected chi connectivity index (χ3v) is 30.6. The molecule has 0 bridgehead atoms. The summed E-state index contributed by atoms with van der Waals surface area (Å²) < 4.78 is 0. The van der Waals surface area contributed by atoms with Crippen molar-refractivity contribution in [2.24, 2.45) is 0 Å². The first-order chi connectivity index (χ1) is 71.1.